The first-order chi connectivity index (χ1) is 13.9. The third-order valence-electron chi connectivity index (χ3n) is 4.77. The molecule has 0 atom stereocenters. The van der Waals surface area contributed by atoms with Crippen LogP contribution in [-0.2, 0) is 17.8 Å². The van der Waals surface area contributed by atoms with E-state index < -0.39 is 0 Å². The highest BCUT2D eigenvalue weighted by Crippen LogP contribution is 2.16. The summed E-state index contributed by atoms with van der Waals surface area (Å²) in [6.45, 7) is 4.19. The molecule has 0 saturated heterocycles. The molecular formula is C20H19ClN6O2. The van der Waals surface area contributed by atoms with E-state index in [9.17, 15) is 9.59 Å². The van der Waals surface area contributed by atoms with Crippen LogP contribution in [0.1, 0.15) is 22.5 Å². The molecule has 0 aliphatic carbocycles. The Labute approximate surface area is 171 Å². The van der Waals surface area contributed by atoms with Gasteiger partial charge in [0.15, 0.2) is 5.65 Å². The summed E-state index contributed by atoms with van der Waals surface area (Å²) < 4.78 is 3.31. The Morgan fingerprint density at radius 3 is 2.72 bits per heavy atom. The molecule has 0 bridgehead atoms. The minimum Gasteiger partial charge on any atom is -0.311 e. The number of hydrogen-bond donors (Lipinski definition) is 2. The summed E-state index contributed by atoms with van der Waals surface area (Å²) >= 11 is 5.93. The second kappa shape index (κ2) is 7.56. The van der Waals surface area contributed by atoms with E-state index >= 15 is 0 Å². The summed E-state index contributed by atoms with van der Waals surface area (Å²) in [4.78, 5) is 28.7. The molecule has 148 valence electrons. The van der Waals surface area contributed by atoms with Crippen molar-refractivity contribution < 1.29 is 4.79 Å². The number of rotatable bonds is 5. The van der Waals surface area contributed by atoms with Gasteiger partial charge in [-0.1, -0.05) is 23.7 Å². The highest BCUT2D eigenvalue weighted by atomic mass is 35.5. The molecule has 0 saturated carbocycles. The van der Waals surface area contributed by atoms with Crippen LogP contribution < -0.4 is 10.9 Å². The summed E-state index contributed by atoms with van der Waals surface area (Å²) in [6, 6.07) is 10.7. The molecule has 2 N–H and O–H groups in total. The van der Waals surface area contributed by atoms with Crippen molar-refractivity contribution in [3.05, 3.63) is 80.5 Å². The van der Waals surface area contributed by atoms with Gasteiger partial charge in [-0.2, -0.15) is 5.10 Å². The standard InChI is InChI=1S/C20H19ClN6O2/c1-12-16(13(2)27-18(23-12)10-20(29)25-27)9-19(28)24-17-7-8-22-26(17)11-14-3-5-15(21)6-4-14/h3-8,10H,9,11H2,1-2H3,(H,24,28)(H,25,29). The fourth-order valence-electron chi connectivity index (χ4n) is 3.29. The van der Waals surface area contributed by atoms with Crippen LogP contribution in [0.25, 0.3) is 5.65 Å². The van der Waals surface area contributed by atoms with Gasteiger partial charge in [0.2, 0.25) is 5.91 Å². The zero-order chi connectivity index (χ0) is 20.5. The molecule has 9 heteroatoms. The summed E-state index contributed by atoms with van der Waals surface area (Å²) in [7, 11) is 0. The van der Waals surface area contributed by atoms with Gasteiger partial charge in [-0.15, -0.1) is 0 Å². The van der Waals surface area contributed by atoms with Crippen LogP contribution in [-0.4, -0.2) is 30.3 Å². The van der Waals surface area contributed by atoms with Gasteiger partial charge in [-0.05, 0) is 31.5 Å². The lowest BCUT2D eigenvalue weighted by atomic mass is 10.1. The second-order valence-corrected chi connectivity index (χ2v) is 7.24. The summed E-state index contributed by atoms with van der Waals surface area (Å²) in [6.07, 6.45) is 1.77. The summed E-state index contributed by atoms with van der Waals surface area (Å²) in [5, 5.41) is 10.6. The van der Waals surface area contributed by atoms with E-state index in [-0.39, 0.29) is 17.9 Å². The first-order valence-electron chi connectivity index (χ1n) is 9.04. The van der Waals surface area contributed by atoms with Gasteiger partial charge in [0.05, 0.1) is 19.2 Å². The molecule has 1 amide bonds. The maximum Gasteiger partial charge on any atom is 0.266 e. The number of anilines is 1. The van der Waals surface area contributed by atoms with E-state index in [2.05, 4.69) is 20.5 Å². The number of carbonyl (C=O) groups excluding carboxylic acids is 1. The zero-order valence-electron chi connectivity index (χ0n) is 15.9. The number of H-pyrrole nitrogens is 1. The smallest absolute Gasteiger partial charge is 0.266 e. The normalized spacial score (nSPS) is 11.1. The molecule has 0 aliphatic rings. The first kappa shape index (κ1) is 18.9. The Bertz CT molecular complexity index is 1250. The zero-order valence-corrected chi connectivity index (χ0v) is 16.7. The third-order valence-corrected chi connectivity index (χ3v) is 5.02. The van der Waals surface area contributed by atoms with Crippen molar-refractivity contribution in [3.8, 4) is 0 Å². The van der Waals surface area contributed by atoms with Gasteiger partial charge >= 0.3 is 0 Å². The van der Waals surface area contributed by atoms with E-state index in [0.717, 1.165) is 16.8 Å². The SMILES string of the molecule is Cc1nc2cc(=O)[nH]n2c(C)c1CC(=O)Nc1ccnn1Cc1ccc(Cl)cc1. The molecule has 0 aliphatic heterocycles. The molecule has 3 heterocycles. The molecule has 4 rings (SSSR count). The Hall–Kier alpha value is -3.39. The quantitative estimate of drug-likeness (QED) is 0.528. The molecule has 4 aromatic rings. The van der Waals surface area contributed by atoms with Crippen molar-refractivity contribution in [1.29, 1.82) is 0 Å². The molecule has 0 unspecified atom stereocenters. The Morgan fingerprint density at radius 2 is 1.97 bits per heavy atom. The minimum atomic E-state index is -0.229. The molecule has 0 spiro atoms. The van der Waals surface area contributed by atoms with Crippen LogP contribution in [0.4, 0.5) is 5.82 Å². The van der Waals surface area contributed by atoms with Gasteiger partial charge in [-0.25, -0.2) is 14.2 Å². The highest BCUT2D eigenvalue weighted by Gasteiger charge is 2.15. The highest BCUT2D eigenvalue weighted by molar-refractivity contribution is 6.30. The topological polar surface area (TPSA) is 97.1 Å². The fourth-order valence-corrected chi connectivity index (χ4v) is 3.41. The number of aryl methyl sites for hydroxylation is 2. The van der Waals surface area contributed by atoms with Gasteiger partial charge in [0.25, 0.3) is 5.56 Å². The number of aromatic amines is 1. The van der Waals surface area contributed by atoms with Crippen LogP contribution in [0.15, 0.2) is 47.4 Å². The number of nitrogens with one attached hydrogen (secondary N) is 2. The predicted molar refractivity (Wildman–Crippen MR) is 110 cm³/mol. The van der Waals surface area contributed by atoms with Gasteiger partial charge in [-0.3, -0.25) is 14.7 Å². The van der Waals surface area contributed by atoms with Crippen LogP contribution in [0.3, 0.4) is 0 Å². The van der Waals surface area contributed by atoms with E-state index in [1.165, 1.54) is 6.07 Å². The minimum absolute atomic E-state index is 0.132. The fraction of sp³-hybridized carbons (Fsp3) is 0.200. The van der Waals surface area contributed by atoms with Crippen molar-refractivity contribution in [3.63, 3.8) is 0 Å². The number of halogens is 1. The molecule has 29 heavy (non-hydrogen) atoms. The van der Waals surface area contributed by atoms with Gasteiger partial charge < -0.3 is 5.32 Å². The molecule has 0 fully saturated rings. The Kier molecular flexibility index (Phi) is 4.94. The monoisotopic (exact) mass is 410 g/mol. The maximum atomic E-state index is 12.7. The second-order valence-electron chi connectivity index (χ2n) is 6.80. The predicted octanol–water partition coefficient (Wildman–Crippen LogP) is 2.72. The molecule has 3 aromatic heterocycles. The lowest BCUT2D eigenvalue weighted by Crippen LogP contribution is -2.20. The van der Waals surface area contributed by atoms with Crippen LogP contribution in [0.5, 0.6) is 0 Å². The van der Waals surface area contributed by atoms with E-state index in [1.807, 2.05) is 38.1 Å². The van der Waals surface area contributed by atoms with E-state index in [0.29, 0.717) is 28.7 Å². The Balaban J connectivity index is 1.52. The summed E-state index contributed by atoms with van der Waals surface area (Å²) in [5.41, 5.74) is 3.59. The average molecular weight is 411 g/mol. The number of nitrogens with zero attached hydrogens (tertiary/aromatic N) is 4. The molecular weight excluding hydrogens is 392 g/mol. The van der Waals surface area contributed by atoms with Crippen LogP contribution >= 0.6 is 11.6 Å². The molecule has 1 aromatic carbocycles. The van der Waals surface area contributed by atoms with E-state index in [1.54, 1.807) is 21.5 Å². The number of carbonyl (C=O) groups is 1. The number of hydrogen-bond acceptors (Lipinski definition) is 4. The van der Waals surface area contributed by atoms with Crippen LogP contribution in [0, 0.1) is 13.8 Å². The number of benzene rings is 1. The number of aromatic nitrogens is 5. The van der Waals surface area contributed by atoms with Crippen molar-refractivity contribution in [1.82, 2.24) is 24.4 Å². The number of fused-ring (bicyclic) bond motifs is 1. The lowest BCUT2D eigenvalue weighted by Gasteiger charge is -2.13. The van der Waals surface area contributed by atoms with Crippen molar-refractivity contribution in [2.24, 2.45) is 0 Å². The average Bonchev–Trinajstić information content (AvgIpc) is 3.26. The van der Waals surface area contributed by atoms with Crippen molar-refractivity contribution in [2.75, 3.05) is 5.32 Å². The molecule has 0 radical (unpaired) electrons. The maximum absolute atomic E-state index is 12.7. The molecule has 8 nitrogen and oxygen atoms in total. The third kappa shape index (κ3) is 3.93. The summed E-state index contributed by atoms with van der Waals surface area (Å²) in [5.74, 6) is 0.411. The Morgan fingerprint density at radius 1 is 1.21 bits per heavy atom. The van der Waals surface area contributed by atoms with Crippen LogP contribution in [0.2, 0.25) is 5.02 Å². The number of amides is 1. The van der Waals surface area contributed by atoms with Gasteiger partial charge in [0.1, 0.15) is 5.82 Å². The lowest BCUT2D eigenvalue weighted by molar-refractivity contribution is -0.115. The van der Waals surface area contributed by atoms with E-state index in [4.69, 9.17) is 11.6 Å². The van der Waals surface area contributed by atoms with Gasteiger partial charge in [0, 0.05) is 34.1 Å². The first-order valence-corrected chi connectivity index (χ1v) is 9.42. The largest absolute Gasteiger partial charge is 0.311 e. The van der Waals surface area contributed by atoms with Crippen molar-refractivity contribution in [2.45, 2.75) is 26.8 Å². The van der Waals surface area contributed by atoms with Crippen molar-refractivity contribution >= 4 is 29.0 Å².